The average molecular weight is 507 g/mol. The summed E-state index contributed by atoms with van der Waals surface area (Å²) in [7, 11) is 0. The molecule has 4 aliphatic heterocycles. The molecule has 0 unspecified atom stereocenters. The van der Waals surface area contributed by atoms with E-state index in [9.17, 15) is 0 Å². The third kappa shape index (κ3) is 4.90. The maximum Gasteiger partial charge on any atom is 0.231 e. The Morgan fingerprint density at radius 1 is 0.811 bits per heavy atom. The molecule has 6 rings (SSSR count). The Morgan fingerprint density at radius 3 is 2.32 bits per heavy atom. The summed E-state index contributed by atoms with van der Waals surface area (Å²) in [4.78, 5) is 0. The van der Waals surface area contributed by atoms with Crippen molar-refractivity contribution in [1.82, 2.24) is 0 Å². The number of allylic oxidation sites excluding steroid dienone is 3. The summed E-state index contributed by atoms with van der Waals surface area (Å²) in [6.07, 6.45) is 6.34. The molecule has 0 radical (unpaired) electrons. The van der Waals surface area contributed by atoms with Crippen LogP contribution in [0.4, 0.5) is 0 Å². The van der Waals surface area contributed by atoms with Gasteiger partial charge in [-0.3, -0.25) is 0 Å². The maximum atomic E-state index is 6.37. The Balaban J connectivity index is 1.16. The molecule has 7 heteroatoms. The second kappa shape index (κ2) is 10.3. The minimum absolute atomic E-state index is 0.0336. The maximum absolute atomic E-state index is 6.37. The molecule has 196 valence electrons. The zero-order valence-corrected chi connectivity index (χ0v) is 21.7. The van der Waals surface area contributed by atoms with Crippen LogP contribution in [-0.2, 0) is 9.47 Å². The van der Waals surface area contributed by atoms with Gasteiger partial charge in [0.1, 0.15) is 6.61 Å². The van der Waals surface area contributed by atoms with E-state index in [2.05, 4.69) is 39.0 Å². The number of hydrogen-bond acceptors (Lipinski definition) is 7. The molecule has 4 atom stereocenters. The van der Waals surface area contributed by atoms with Crippen LogP contribution >= 0.6 is 0 Å². The van der Waals surface area contributed by atoms with E-state index < -0.39 is 0 Å². The Kier molecular flexibility index (Phi) is 6.74. The quantitative estimate of drug-likeness (QED) is 0.390. The first-order valence-electron chi connectivity index (χ1n) is 13.0. The summed E-state index contributed by atoms with van der Waals surface area (Å²) in [5.74, 6) is 4.11. The molecular weight excluding hydrogens is 472 g/mol. The van der Waals surface area contributed by atoms with E-state index in [1.54, 1.807) is 0 Å². The number of fused-ring (bicyclic) bond motifs is 3. The van der Waals surface area contributed by atoms with Crippen LogP contribution in [0.5, 0.6) is 28.7 Å². The standard InChI is InChI=1S/C30H34O7/c1-18(2)5-4-6-19(3)9-10-31-26-12-21(13-27-30(26)37-17-36-27)29-23-15-32-28(22(23)14-33-29)20-7-8-24-25(11-20)35-16-34-24/h5,7-9,11-13,22-23,28-29H,4,6,10,14-17H2,1-3H3/t22-,23-,28-,29+/m1/s1. The first kappa shape index (κ1) is 24.2. The molecule has 2 saturated heterocycles. The number of ether oxygens (including phenoxy) is 7. The normalized spacial score (nSPS) is 25.3. The van der Waals surface area contributed by atoms with Crippen LogP contribution in [0.25, 0.3) is 0 Å². The third-order valence-corrected chi connectivity index (χ3v) is 7.54. The minimum atomic E-state index is -0.0952. The molecule has 0 aliphatic carbocycles. The minimum Gasteiger partial charge on any atom is -0.485 e. The molecule has 2 aromatic carbocycles. The van der Waals surface area contributed by atoms with Crippen molar-refractivity contribution in [2.24, 2.45) is 11.8 Å². The summed E-state index contributed by atoms with van der Waals surface area (Å²) in [6.45, 7) is 8.60. The molecule has 2 fully saturated rings. The Bertz CT molecular complexity index is 1210. The monoisotopic (exact) mass is 506 g/mol. The lowest BCUT2D eigenvalue weighted by atomic mass is 9.85. The molecule has 0 N–H and O–H groups in total. The molecule has 0 bridgehead atoms. The third-order valence-electron chi connectivity index (χ3n) is 7.54. The highest BCUT2D eigenvalue weighted by Gasteiger charge is 2.48. The zero-order chi connectivity index (χ0) is 25.4. The lowest BCUT2D eigenvalue weighted by molar-refractivity contribution is 0.0191. The highest BCUT2D eigenvalue weighted by molar-refractivity contribution is 5.56. The molecule has 2 aromatic rings. The molecular formula is C30H34O7. The molecule has 4 heterocycles. The fraction of sp³-hybridized carbons (Fsp3) is 0.467. The Labute approximate surface area is 217 Å². The second-order valence-corrected chi connectivity index (χ2v) is 10.4. The van der Waals surface area contributed by atoms with E-state index in [0.29, 0.717) is 37.1 Å². The average Bonchev–Trinajstić information content (AvgIpc) is 3.67. The van der Waals surface area contributed by atoms with E-state index >= 15 is 0 Å². The number of hydrogen-bond donors (Lipinski definition) is 0. The van der Waals surface area contributed by atoms with Crippen molar-refractivity contribution in [3.63, 3.8) is 0 Å². The number of rotatable bonds is 8. The van der Waals surface area contributed by atoms with Crippen LogP contribution in [0.1, 0.15) is 56.9 Å². The topological polar surface area (TPSA) is 64.6 Å². The van der Waals surface area contributed by atoms with Gasteiger partial charge < -0.3 is 33.2 Å². The van der Waals surface area contributed by atoms with E-state index in [1.165, 1.54) is 11.1 Å². The molecule has 0 saturated carbocycles. The van der Waals surface area contributed by atoms with Crippen LogP contribution < -0.4 is 23.7 Å². The zero-order valence-electron chi connectivity index (χ0n) is 21.7. The molecule has 37 heavy (non-hydrogen) atoms. The van der Waals surface area contributed by atoms with Gasteiger partial charge in [-0.2, -0.15) is 0 Å². The van der Waals surface area contributed by atoms with Crippen LogP contribution in [0.2, 0.25) is 0 Å². The van der Waals surface area contributed by atoms with Crippen molar-refractivity contribution < 1.29 is 33.2 Å². The number of benzene rings is 2. The fourth-order valence-corrected chi connectivity index (χ4v) is 5.56. The summed E-state index contributed by atoms with van der Waals surface area (Å²) >= 11 is 0. The van der Waals surface area contributed by atoms with Gasteiger partial charge >= 0.3 is 0 Å². The first-order chi connectivity index (χ1) is 18.1. The van der Waals surface area contributed by atoms with E-state index in [4.69, 9.17) is 33.2 Å². The van der Waals surface area contributed by atoms with Gasteiger partial charge in [0.05, 0.1) is 25.4 Å². The predicted molar refractivity (Wildman–Crippen MR) is 137 cm³/mol. The first-order valence-corrected chi connectivity index (χ1v) is 13.0. The molecule has 7 nitrogen and oxygen atoms in total. The molecule has 0 spiro atoms. The van der Waals surface area contributed by atoms with E-state index in [-0.39, 0.29) is 37.6 Å². The smallest absolute Gasteiger partial charge is 0.231 e. The molecule has 0 amide bonds. The van der Waals surface area contributed by atoms with Crippen molar-refractivity contribution in [3.8, 4) is 28.7 Å². The second-order valence-electron chi connectivity index (χ2n) is 10.4. The van der Waals surface area contributed by atoms with Gasteiger partial charge in [-0.15, -0.1) is 0 Å². The van der Waals surface area contributed by atoms with Gasteiger partial charge in [-0.05, 0) is 75.1 Å². The molecule has 0 aromatic heterocycles. The largest absolute Gasteiger partial charge is 0.485 e. The fourth-order valence-electron chi connectivity index (χ4n) is 5.56. The summed E-state index contributed by atoms with van der Waals surface area (Å²) in [6, 6.07) is 10.1. The van der Waals surface area contributed by atoms with Crippen molar-refractivity contribution in [2.45, 2.75) is 45.8 Å². The SMILES string of the molecule is CC(C)=CCCC(C)=CCOc1cc([C@@H]2OC[C@@H]3[C@H]2CO[C@@H]3c2ccc3c(c2)OCO3)cc2c1OCO2. The van der Waals surface area contributed by atoms with Crippen molar-refractivity contribution >= 4 is 0 Å². The summed E-state index contributed by atoms with van der Waals surface area (Å²) in [5.41, 5.74) is 4.79. The van der Waals surface area contributed by atoms with Gasteiger partial charge in [-0.1, -0.05) is 23.3 Å². The van der Waals surface area contributed by atoms with Gasteiger partial charge in [0.25, 0.3) is 0 Å². The highest BCUT2D eigenvalue weighted by Crippen LogP contribution is 2.53. The Hall–Kier alpha value is -3.16. The molecule has 4 aliphatic rings. The summed E-state index contributed by atoms with van der Waals surface area (Å²) < 4.78 is 41.4. The van der Waals surface area contributed by atoms with Crippen LogP contribution in [-0.4, -0.2) is 33.4 Å². The van der Waals surface area contributed by atoms with Gasteiger partial charge in [0.2, 0.25) is 19.3 Å². The predicted octanol–water partition coefficient (Wildman–Crippen LogP) is 6.29. The van der Waals surface area contributed by atoms with Gasteiger partial charge in [0.15, 0.2) is 23.0 Å². The van der Waals surface area contributed by atoms with Crippen molar-refractivity contribution in [3.05, 3.63) is 64.8 Å². The van der Waals surface area contributed by atoms with Crippen LogP contribution in [0, 0.1) is 11.8 Å². The van der Waals surface area contributed by atoms with Gasteiger partial charge in [0, 0.05) is 11.8 Å². The van der Waals surface area contributed by atoms with Crippen molar-refractivity contribution in [2.75, 3.05) is 33.4 Å². The van der Waals surface area contributed by atoms with Crippen LogP contribution in [0.15, 0.2) is 53.6 Å². The highest BCUT2D eigenvalue weighted by atomic mass is 16.7. The van der Waals surface area contributed by atoms with Crippen LogP contribution in [0.3, 0.4) is 0 Å². The van der Waals surface area contributed by atoms with Crippen molar-refractivity contribution in [1.29, 1.82) is 0 Å². The van der Waals surface area contributed by atoms with E-state index in [1.807, 2.05) is 24.3 Å². The van der Waals surface area contributed by atoms with E-state index in [0.717, 1.165) is 35.5 Å². The lowest BCUT2D eigenvalue weighted by Gasteiger charge is -2.18. The van der Waals surface area contributed by atoms with Gasteiger partial charge in [-0.25, -0.2) is 0 Å². The summed E-state index contributed by atoms with van der Waals surface area (Å²) in [5, 5.41) is 0. The lowest BCUT2D eigenvalue weighted by Crippen LogP contribution is -2.14. The Morgan fingerprint density at radius 2 is 1.51 bits per heavy atom.